The van der Waals surface area contributed by atoms with E-state index in [4.69, 9.17) is 0 Å². The fourth-order valence-corrected chi connectivity index (χ4v) is 7.37. The number of likely N-dealkylation sites (N-methyl/N-ethyl adjacent to an activating group) is 1. The molecule has 1 aliphatic heterocycles. The van der Waals surface area contributed by atoms with Gasteiger partial charge in [-0.15, -0.1) is 11.8 Å². The van der Waals surface area contributed by atoms with Crippen molar-refractivity contribution in [1.82, 2.24) is 4.31 Å². The molecule has 0 spiro atoms. The lowest BCUT2D eigenvalue weighted by Crippen LogP contribution is -2.55. The van der Waals surface area contributed by atoms with Gasteiger partial charge in [0.1, 0.15) is 10.6 Å². The van der Waals surface area contributed by atoms with Gasteiger partial charge in [0.25, 0.3) is 0 Å². The molecule has 0 saturated heterocycles. The Hall–Kier alpha value is -0.920. The van der Waals surface area contributed by atoms with Crippen LogP contribution in [0.15, 0.2) is 21.9 Å². The normalized spacial score (nSPS) is 32.0. The Morgan fingerprint density at radius 1 is 1.33 bits per heavy atom. The third kappa shape index (κ3) is 2.97. The highest BCUT2D eigenvalue weighted by molar-refractivity contribution is 7.98. The average molecular weight is 411 g/mol. The summed E-state index contributed by atoms with van der Waals surface area (Å²) < 4.78 is 28.4. The number of unbranched alkanes of at least 4 members (excludes halogenated alkanes) is 1. The molecule has 3 aliphatic carbocycles. The zero-order valence-corrected chi connectivity index (χ0v) is 18.1. The van der Waals surface area contributed by atoms with Gasteiger partial charge in [-0.3, -0.25) is 0 Å². The van der Waals surface area contributed by atoms with Crippen LogP contribution in [-0.4, -0.2) is 49.3 Å². The Kier molecular flexibility index (Phi) is 4.92. The highest BCUT2D eigenvalue weighted by atomic mass is 32.2. The highest BCUT2D eigenvalue weighted by Crippen LogP contribution is 2.58. The minimum absolute atomic E-state index is 0.0313. The lowest BCUT2D eigenvalue weighted by molar-refractivity contribution is 0.215. The van der Waals surface area contributed by atoms with Crippen LogP contribution < -0.4 is 4.90 Å². The van der Waals surface area contributed by atoms with Crippen molar-refractivity contribution in [2.75, 3.05) is 24.7 Å². The highest BCUT2D eigenvalue weighted by Gasteiger charge is 2.56. The summed E-state index contributed by atoms with van der Waals surface area (Å²) >= 11 is 1.46. The van der Waals surface area contributed by atoms with E-state index in [1.54, 1.807) is 11.4 Å². The summed E-state index contributed by atoms with van der Waals surface area (Å²) in [5, 5.41) is 10.4. The molecule has 4 aliphatic rings. The quantitative estimate of drug-likeness (QED) is 0.742. The SMILES string of the molecule is CCCCC1CN(C23CCC(C2)C3)c2cc(SC)c(O)cc2S(=O)(=O)N1C. The van der Waals surface area contributed by atoms with Gasteiger partial charge in [-0.2, -0.15) is 4.31 Å². The van der Waals surface area contributed by atoms with Gasteiger partial charge in [0.15, 0.2) is 0 Å². The number of hydrogen-bond acceptors (Lipinski definition) is 5. The van der Waals surface area contributed by atoms with Gasteiger partial charge in [0.05, 0.1) is 10.6 Å². The molecule has 3 saturated carbocycles. The van der Waals surface area contributed by atoms with Gasteiger partial charge >= 0.3 is 0 Å². The number of sulfonamides is 1. The Morgan fingerprint density at radius 2 is 2.07 bits per heavy atom. The van der Waals surface area contributed by atoms with Crippen molar-refractivity contribution in [3.63, 3.8) is 0 Å². The second-order valence-electron chi connectivity index (χ2n) is 8.46. The average Bonchev–Trinajstić information content (AvgIpc) is 3.21. The number of rotatable bonds is 5. The first-order valence-electron chi connectivity index (χ1n) is 9.99. The number of fused-ring (bicyclic) bond motifs is 2. The fraction of sp³-hybridized carbons (Fsp3) is 0.700. The maximum absolute atomic E-state index is 13.4. The first-order valence-corrected chi connectivity index (χ1v) is 12.7. The minimum Gasteiger partial charge on any atom is -0.507 e. The summed E-state index contributed by atoms with van der Waals surface area (Å²) in [5.74, 6) is 0.859. The van der Waals surface area contributed by atoms with Gasteiger partial charge in [-0.05, 0) is 50.3 Å². The fourth-order valence-electron chi connectivity index (χ4n) is 5.31. The lowest BCUT2D eigenvalue weighted by atomic mass is 9.75. The summed E-state index contributed by atoms with van der Waals surface area (Å²) in [4.78, 5) is 3.42. The van der Waals surface area contributed by atoms with E-state index in [0.29, 0.717) is 0 Å². The second-order valence-corrected chi connectivity index (χ2v) is 11.3. The van der Waals surface area contributed by atoms with E-state index in [9.17, 15) is 13.5 Å². The molecule has 0 radical (unpaired) electrons. The molecular formula is C20H30N2O3S2. The molecule has 5 nitrogen and oxygen atoms in total. The Balaban J connectivity index is 1.87. The smallest absolute Gasteiger partial charge is 0.245 e. The number of phenolic OH excluding ortho intramolecular Hbond substituents is 1. The van der Waals surface area contributed by atoms with E-state index in [-0.39, 0.29) is 22.2 Å². The van der Waals surface area contributed by atoms with Gasteiger partial charge in [-0.25, -0.2) is 8.42 Å². The number of phenols is 1. The van der Waals surface area contributed by atoms with Gasteiger partial charge in [-0.1, -0.05) is 19.8 Å². The zero-order chi connectivity index (χ0) is 19.4. The summed E-state index contributed by atoms with van der Waals surface area (Å²) in [6, 6.07) is 3.35. The molecule has 1 aromatic rings. The molecule has 1 unspecified atom stereocenters. The zero-order valence-electron chi connectivity index (χ0n) is 16.4. The topological polar surface area (TPSA) is 60.9 Å². The summed E-state index contributed by atoms with van der Waals surface area (Å²) in [6.45, 7) is 2.89. The minimum atomic E-state index is -3.63. The van der Waals surface area contributed by atoms with Crippen molar-refractivity contribution >= 4 is 27.5 Å². The van der Waals surface area contributed by atoms with Crippen LogP contribution in [0.5, 0.6) is 5.75 Å². The molecule has 0 amide bonds. The molecule has 150 valence electrons. The molecule has 1 aromatic carbocycles. The molecule has 7 heteroatoms. The van der Waals surface area contributed by atoms with E-state index >= 15 is 0 Å². The summed E-state index contributed by atoms with van der Waals surface area (Å²) in [5.41, 5.74) is 0.903. The van der Waals surface area contributed by atoms with E-state index in [1.165, 1.54) is 37.1 Å². The predicted octanol–water partition coefficient (Wildman–Crippen LogP) is 4.06. The van der Waals surface area contributed by atoms with E-state index < -0.39 is 10.0 Å². The largest absolute Gasteiger partial charge is 0.507 e. The third-order valence-corrected chi connectivity index (χ3v) is 9.64. The van der Waals surface area contributed by atoms with Crippen LogP contribution in [0.4, 0.5) is 5.69 Å². The van der Waals surface area contributed by atoms with Crippen LogP contribution in [0.3, 0.4) is 0 Å². The van der Waals surface area contributed by atoms with E-state index in [2.05, 4.69) is 11.8 Å². The number of thioether (sulfide) groups is 1. The lowest BCUT2D eigenvalue weighted by Gasteiger charge is -2.50. The molecule has 1 atom stereocenters. The Labute approximate surface area is 167 Å². The third-order valence-electron chi connectivity index (χ3n) is 6.93. The number of aromatic hydroxyl groups is 1. The van der Waals surface area contributed by atoms with Crippen molar-refractivity contribution < 1.29 is 13.5 Å². The second kappa shape index (κ2) is 6.85. The molecule has 3 fully saturated rings. The maximum atomic E-state index is 13.4. The van der Waals surface area contributed by atoms with Crippen LogP contribution in [0.1, 0.15) is 51.9 Å². The Bertz CT molecular complexity index is 828. The Morgan fingerprint density at radius 3 is 2.67 bits per heavy atom. The van der Waals surface area contributed by atoms with Crippen molar-refractivity contribution in [2.45, 2.75) is 73.2 Å². The van der Waals surface area contributed by atoms with Crippen molar-refractivity contribution in [3.8, 4) is 5.75 Å². The molecule has 0 aromatic heterocycles. The van der Waals surface area contributed by atoms with Crippen molar-refractivity contribution in [2.24, 2.45) is 5.92 Å². The van der Waals surface area contributed by atoms with Crippen LogP contribution >= 0.6 is 11.8 Å². The van der Waals surface area contributed by atoms with Gasteiger partial charge < -0.3 is 10.0 Å². The molecular weight excluding hydrogens is 380 g/mol. The van der Waals surface area contributed by atoms with E-state index in [1.807, 2.05) is 12.3 Å². The van der Waals surface area contributed by atoms with Crippen LogP contribution in [0.2, 0.25) is 0 Å². The number of benzene rings is 1. The molecule has 5 rings (SSSR count). The molecule has 2 bridgehead atoms. The van der Waals surface area contributed by atoms with Crippen molar-refractivity contribution in [3.05, 3.63) is 12.1 Å². The van der Waals surface area contributed by atoms with Crippen LogP contribution in [0.25, 0.3) is 0 Å². The molecule has 1 N–H and O–H groups in total. The summed E-state index contributed by atoms with van der Waals surface area (Å²) in [6.07, 6.45) is 9.61. The standard InChI is InChI=1S/C20H30N2O3S2/c1-4-5-6-15-13-22(20-8-7-14(11-20)12-20)16-9-18(26-3)17(23)10-19(16)27(24,25)21(15)2/h9-10,14-15,23H,4-8,11-13H2,1-3H3. The first-order chi connectivity index (χ1) is 12.8. The molecule has 1 heterocycles. The number of hydrogen-bond donors (Lipinski definition) is 1. The van der Waals surface area contributed by atoms with Gasteiger partial charge in [0.2, 0.25) is 10.0 Å². The maximum Gasteiger partial charge on any atom is 0.245 e. The predicted molar refractivity (Wildman–Crippen MR) is 110 cm³/mol. The van der Waals surface area contributed by atoms with Crippen LogP contribution in [0, 0.1) is 5.92 Å². The first kappa shape index (κ1) is 19.4. The van der Waals surface area contributed by atoms with Crippen LogP contribution in [-0.2, 0) is 10.0 Å². The van der Waals surface area contributed by atoms with Gasteiger partial charge in [0, 0.05) is 31.2 Å². The molecule has 27 heavy (non-hydrogen) atoms. The monoisotopic (exact) mass is 410 g/mol. The number of nitrogens with zero attached hydrogens (tertiary/aromatic N) is 2. The number of anilines is 1. The van der Waals surface area contributed by atoms with E-state index in [0.717, 1.165) is 48.7 Å². The summed E-state index contributed by atoms with van der Waals surface area (Å²) in [7, 11) is -1.93. The van der Waals surface area contributed by atoms with Crippen molar-refractivity contribution in [1.29, 1.82) is 0 Å².